The van der Waals surface area contributed by atoms with E-state index < -0.39 is 6.04 Å². The lowest BCUT2D eigenvalue weighted by Crippen LogP contribution is -2.66. The molecule has 8 heteroatoms. The number of methoxy groups -OCH3 is 1. The molecule has 174 valence electrons. The van der Waals surface area contributed by atoms with Crippen LogP contribution in [0.1, 0.15) is 18.4 Å². The van der Waals surface area contributed by atoms with Gasteiger partial charge in [0.1, 0.15) is 24.2 Å². The maximum absolute atomic E-state index is 13.6. The van der Waals surface area contributed by atoms with Crippen LogP contribution in [-0.4, -0.2) is 78.9 Å². The number of nitrogens with one attached hydrogen (secondary N) is 1. The highest BCUT2D eigenvalue weighted by atomic mass is 16.5. The smallest absolute Gasteiger partial charge is 0.327 e. The molecule has 3 saturated heterocycles. The molecule has 0 saturated carbocycles. The summed E-state index contributed by atoms with van der Waals surface area (Å²) < 4.78 is 5.60. The number of carbonyl (C=O) groups is 2. The zero-order chi connectivity index (χ0) is 22.9. The van der Waals surface area contributed by atoms with Crippen molar-refractivity contribution in [3.63, 3.8) is 0 Å². The SMILES string of the molecule is COc1ccccc1N1CCCN2C3C(=O)N(CCCc4ccccc4)C(=O)N(C)C3NC12. The summed E-state index contributed by atoms with van der Waals surface area (Å²) in [5.41, 5.74) is 2.20. The number of hydrogen-bond donors (Lipinski definition) is 1. The molecule has 3 aliphatic heterocycles. The van der Waals surface area contributed by atoms with E-state index >= 15 is 0 Å². The lowest BCUT2D eigenvalue weighted by molar-refractivity contribution is -0.138. The summed E-state index contributed by atoms with van der Waals surface area (Å²) in [4.78, 5) is 34.3. The average molecular weight is 450 g/mol. The highest BCUT2D eigenvalue weighted by Crippen LogP contribution is 2.36. The predicted octanol–water partition coefficient (Wildman–Crippen LogP) is 2.32. The number of aryl methyl sites for hydroxylation is 1. The van der Waals surface area contributed by atoms with Crippen LogP contribution in [0.3, 0.4) is 0 Å². The van der Waals surface area contributed by atoms with Gasteiger partial charge < -0.3 is 14.5 Å². The largest absolute Gasteiger partial charge is 0.495 e. The molecule has 0 spiro atoms. The van der Waals surface area contributed by atoms with Crippen molar-refractivity contribution in [2.45, 2.75) is 37.8 Å². The van der Waals surface area contributed by atoms with Gasteiger partial charge in [-0.2, -0.15) is 0 Å². The van der Waals surface area contributed by atoms with E-state index in [1.165, 1.54) is 10.5 Å². The monoisotopic (exact) mass is 449 g/mol. The lowest BCUT2D eigenvalue weighted by atomic mass is 10.1. The molecule has 0 aromatic heterocycles. The van der Waals surface area contributed by atoms with Gasteiger partial charge in [-0.15, -0.1) is 0 Å². The number of benzene rings is 2. The molecule has 0 radical (unpaired) electrons. The Bertz CT molecular complexity index is 1020. The van der Waals surface area contributed by atoms with Gasteiger partial charge in [0.2, 0.25) is 0 Å². The van der Waals surface area contributed by atoms with Gasteiger partial charge in [-0.25, -0.2) is 4.79 Å². The third-order valence-corrected chi connectivity index (χ3v) is 6.95. The fourth-order valence-electron chi connectivity index (χ4n) is 5.32. The number of para-hydroxylation sites is 2. The molecule has 3 aliphatic rings. The number of amides is 3. The Morgan fingerprint density at radius 1 is 1.03 bits per heavy atom. The van der Waals surface area contributed by atoms with E-state index in [1.54, 1.807) is 19.1 Å². The topological polar surface area (TPSA) is 68.4 Å². The predicted molar refractivity (Wildman–Crippen MR) is 126 cm³/mol. The van der Waals surface area contributed by atoms with Crippen LogP contribution in [0.25, 0.3) is 0 Å². The van der Waals surface area contributed by atoms with Crippen LogP contribution in [0.5, 0.6) is 5.75 Å². The first-order chi connectivity index (χ1) is 16.1. The number of imide groups is 1. The standard InChI is InChI=1S/C25H31N5O3/c1-27-22-21(23(31)30(25(27)32)15-8-12-18-10-4-3-5-11-18)29-17-9-16-28(24(29)26-22)19-13-6-7-14-20(19)33-2/h3-7,10-11,13-14,21-22,24,26H,8-9,12,15-17H2,1-2H3. The molecule has 3 amide bonds. The fourth-order valence-corrected chi connectivity index (χ4v) is 5.32. The van der Waals surface area contributed by atoms with Crippen molar-refractivity contribution >= 4 is 17.6 Å². The number of likely N-dealkylation sites (N-methyl/N-ethyl adjacent to an activating group) is 1. The van der Waals surface area contributed by atoms with Gasteiger partial charge in [-0.1, -0.05) is 42.5 Å². The highest BCUT2D eigenvalue weighted by Gasteiger charge is 2.56. The number of carbonyl (C=O) groups excluding carboxylic acids is 2. The molecule has 3 unspecified atom stereocenters. The summed E-state index contributed by atoms with van der Waals surface area (Å²) in [6, 6.07) is 17.5. The second-order valence-corrected chi connectivity index (χ2v) is 8.86. The number of urea groups is 1. The molecule has 2 aromatic rings. The molecule has 1 N–H and O–H groups in total. The second kappa shape index (κ2) is 9.03. The summed E-state index contributed by atoms with van der Waals surface area (Å²) in [5.74, 6) is 0.697. The first-order valence-corrected chi connectivity index (χ1v) is 11.6. The molecule has 0 aliphatic carbocycles. The number of rotatable bonds is 6. The van der Waals surface area contributed by atoms with E-state index in [-0.39, 0.29) is 24.4 Å². The van der Waals surface area contributed by atoms with E-state index in [1.807, 2.05) is 42.5 Å². The van der Waals surface area contributed by atoms with Crippen molar-refractivity contribution in [2.24, 2.45) is 0 Å². The zero-order valence-electron chi connectivity index (χ0n) is 19.2. The fraction of sp³-hybridized carbons (Fsp3) is 0.440. The van der Waals surface area contributed by atoms with Gasteiger partial charge in [0.15, 0.2) is 0 Å². The van der Waals surface area contributed by atoms with Gasteiger partial charge in [0.05, 0.1) is 12.8 Å². The highest BCUT2D eigenvalue weighted by molar-refractivity contribution is 6.00. The van der Waals surface area contributed by atoms with Gasteiger partial charge in [-0.05, 0) is 37.0 Å². The van der Waals surface area contributed by atoms with Crippen LogP contribution in [0.2, 0.25) is 0 Å². The molecule has 3 fully saturated rings. The summed E-state index contributed by atoms with van der Waals surface area (Å²) >= 11 is 0. The maximum atomic E-state index is 13.6. The summed E-state index contributed by atoms with van der Waals surface area (Å²) in [7, 11) is 3.46. The Balaban J connectivity index is 1.35. The zero-order valence-corrected chi connectivity index (χ0v) is 19.2. The van der Waals surface area contributed by atoms with E-state index in [4.69, 9.17) is 4.74 Å². The Morgan fingerprint density at radius 3 is 2.58 bits per heavy atom. The minimum absolute atomic E-state index is 0.104. The van der Waals surface area contributed by atoms with Gasteiger partial charge in [0.25, 0.3) is 5.91 Å². The van der Waals surface area contributed by atoms with Crippen LogP contribution in [0.15, 0.2) is 54.6 Å². The lowest BCUT2D eigenvalue weighted by Gasteiger charge is -2.44. The van der Waals surface area contributed by atoms with Gasteiger partial charge in [0, 0.05) is 26.7 Å². The van der Waals surface area contributed by atoms with Crippen molar-refractivity contribution in [1.29, 1.82) is 0 Å². The van der Waals surface area contributed by atoms with E-state index in [0.717, 1.165) is 43.8 Å². The summed E-state index contributed by atoms with van der Waals surface area (Å²) in [5, 5.41) is 3.56. The Hall–Kier alpha value is -3.10. The first kappa shape index (κ1) is 21.7. The van der Waals surface area contributed by atoms with Crippen molar-refractivity contribution in [3.05, 3.63) is 60.2 Å². The van der Waals surface area contributed by atoms with Crippen LogP contribution >= 0.6 is 0 Å². The number of anilines is 1. The van der Waals surface area contributed by atoms with Crippen LogP contribution < -0.4 is 15.0 Å². The maximum Gasteiger partial charge on any atom is 0.327 e. The van der Waals surface area contributed by atoms with Crippen LogP contribution in [-0.2, 0) is 11.2 Å². The Kier molecular flexibility index (Phi) is 5.95. The average Bonchev–Trinajstić information content (AvgIpc) is 3.25. The van der Waals surface area contributed by atoms with Crippen molar-refractivity contribution in [2.75, 3.05) is 38.7 Å². The molecule has 3 atom stereocenters. The molecular formula is C25H31N5O3. The molecule has 2 aromatic carbocycles. The molecule has 3 heterocycles. The van der Waals surface area contributed by atoms with Crippen LogP contribution in [0, 0.1) is 0 Å². The van der Waals surface area contributed by atoms with Crippen LogP contribution in [0.4, 0.5) is 10.5 Å². The van der Waals surface area contributed by atoms with Crippen molar-refractivity contribution in [3.8, 4) is 5.75 Å². The van der Waals surface area contributed by atoms with Crippen molar-refractivity contribution < 1.29 is 14.3 Å². The van der Waals surface area contributed by atoms with E-state index in [0.29, 0.717) is 6.54 Å². The first-order valence-electron chi connectivity index (χ1n) is 11.6. The Labute approximate surface area is 194 Å². The number of fused-ring (bicyclic) bond motifs is 3. The van der Waals surface area contributed by atoms with Gasteiger partial charge in [-0.3, -0.25) is 19.9 Å². The van der Waals surface area contributed by atoms with Gasteiger partial charge >= 0.3 is 6.03 Å². The molecule has 5 rings (SSSR count). The number of hydrogen-bond acceptors (Lipinski definition) is 6. The molecular weight excluding hydrogens is 418 g/mol. The third kappa shape index (κ3) is 3.83. The molecule has 8 nitrogen and oxygen atoms in total. The Morgan fingerprint density at radius 2 is 1.79 bits per heavy atom. The van der Waals surface area contributed by atoms with Crippen molar-refractivity contribution in [1.82, 2.24) is 20.0 Å². The van der Waals surface area contributed by atoms with E-state index in [9.17, 15) is 9.59 Å². The molecule has 33 heavy (non-hydrogen) atoms. The number of nitrogens with zero attached hydrogens (tertiary/aromatic N) is 4. The number of ether oxygens (including phenoxy) is 1. The second-order valence-electron chi connectivity index (χ2n) is 8.86. The normalized spacial score (nSPS) is 25.3. The van der Waals surface area contributed by atoms with E-state index in [2.05, 4.69) is 27.2 Å². The quantitative estimate of drug-likeness (QED) is 0.730. The molecule has 0 bridgehead atoms. The summed E-state index contributed by atoms with van der Waals surface area (Å²) in [6.07, 6.45) is 1.99. The summed E-state index contributed by atoms with van der Waals surface area (Å²) in [6.45, 7) is 2.07. The third-order valence-electron chi connectivity index (χ3n) is 6.95. The minimum Gasteiger partial charge on any atom is -0.495 e. The minimum atomic E-state index is -0.396.